The fourth-order valence-corrected chi connectivity index (χ4v) is 2.02. The Morgan fingerprint density at radius 2 is 1.96 bits per heavy atom. The molecule has 0 radical (unpaired) electrons. The lowest BCUT2D eigenvalue weighted by Crippen LogP contribution is -2.23. The lowest BCUT2D eigenvalue weighted by molar-refractivity contribution is 0.0714. The fraction of sp³-hybridized carbons (Fsp3) is 0.533. The number of benzene rings is 1. The number of aromatic nitrogens is 4. The summed E-state index contributed by atoms with van der Waals surface area (Å²) in [6.45, 7) is 5.79. The zero-order valence-corrected chi connectivity index (χ0v) is 13.9. The van der Waals surface area contributed by atoms with Crippen molar-refractivity contribution < 1.29 is 13.9 Å². The van der Waals surface area contributed by atoms with Gasteiger partial charge in [0, 0.05) is 20.2 Å². The SMILES string of the molecule is CO[C@@H](C)COc1cc(F)c(C(C)C)cc1-n1nnn(C)c1=O. The summed E-state index contributed by atoms with van der Waals surface area (Å²) in [4.78, 5) is 12.1. The molecule has 1 aromatic carbocycles. The van der Waals surface area contributed by atoms with Crippen LogP contribution in [0.5, 0.6) is 5.75 Å². The molecule has 8 heteroatoms. The van der Waals surface area contributed by atoms with Crippen LogP contribution in [0.1, 0.15) is 32.3 Å². The molecule has 0 spiro atoms. The predicted molar refractivity (Wildman–Crippen MR) is 82.6 cm³/mol. The average molecular weight is 324 g/mol. The second-order valence-corrected chi connectivity index (χ2v) is 5.65. The van der Waals surface area contributed by atoms with E-state index in [2.05, 4.69) is 10.4 Å². The van der Waals surface area contributed by atoms with Crippen LogP contribution >= 0.6 is 0 Å². The minimum absolute atomic E-state index is 0.0481. The first-order valence-corrected chi connectivity index (χ1v) is 7.33. The van der Waals surface area contributed by atoms with E-state index in [4.69, 9.17) is 9.47 Å². The van der Waals surface area contributed by atoms with Crippen LogP contribution in [0.3, 0.4) is 0 Å². The van der Waals surface area contributed by atoms with Gasteiger partial charge in [-0.25, -0.2) is 9.18 Å². The number of halogens is 1. The van der Waals surface area contributed by atoms with E-state index < -0.39 is 5.69 Å². The van der Waals surface area contributed by atoms with Gasteiger partial charge in [0.1, 0.15) is 23.9 Å². The standard InChI is InChI=1S/C15H21FN4O3/c1-9(2)11-6-13(20-15(21)19(4)17-18-20)14(7-12(11)16)23-8-10(3)22-5/h6-7,9-10H,8H2,1-5H3/t10-/m0/s1. The van der Waals surface area contributed by atoms with E-state index in [1.54, 1.807) is 13.2 Å². The zero-order valence-electron chi connectivity index (χ0n) is 13.9. The second kappa shape index (κ2) is 6.91. The van der Waals surface area contributed by atoms with Gasteiger partial charge in [-0.1, -0.05) is 13.8 Å². The topological polar surface area (TPSA) is 71.2 Å². The summed E-state index contributed by atoms with van der Waals surface area (Å²) < 4.78 is 27.2. The van der Waals surface area contributed by atoms with Crippen molar-refractivity contribution in [3.05, 3.63) is 34.0 Å². The van der Waals surface area contributed by atoms with Crippen molar-refractivity contribution in [3.63, 3.8) is 0 Å². The van der Waals surface area contributed by atoms with E-state index in [1.807, 2.05) is 20.8 Å². The van der Waals surface area contributed by atoms with Gasteiger partial charge in [0.05, 0.1) is 6.10 Å². The van der Waals surface area contributed by atoms with Crippen LogP contribution in [0.15, 0.2) is 16.9 Å². The van der Waals surface area contributed by atoms with E-state index in [-0.39, 0.29) is 30.2 Å². The Hall–Kier alpha value is -2.22. The Kier molecular flexibility index (Phi) is 5.15. The first kappa shape index (κ1) is 17.1. The van der Waals surface area contributed by atoms with Crippen LogP contribution in [-0.2, 0) is 11.8 Å². The monoisotopic (exact) mass is 324 g/mol. The Bertz CT molecular complexity index is 739. The van der Waals surface area contributed by atoms with Crippen molar-refractivity contribution in [3.8, 4) is 11.4 Å². The second-order valence-electron chi connectivity index (χ2n) is 5.65. The molecule has 23 heavy (non-hydrogen) atoms. The van der Waals surface area contributed by atoms with Crippen LogP contribution in [0, 0.1) is 5.82 Å². The number of hydrogen-bond donors (Lipinski definition) is 0. The molecule has 2 rings (SSSR count). The highest BCUT2D eigenvalue weighted by Gasteiger charge is 2.18. The van der Waals surface area contributed by atoms with Crippen molar-refractivity contribution in [1.29, 1.82) is 0 Å². The number of aryl methyl sites for hydroxylation is 1. The quantitative estimate of drug-likeness (QED) is 0.808. The summed E-state index contributed by atoms with van der Waals surface area (Å²) in [5.41, 5.74) is 0.400. The normalized spacial score (nSPS) is 12.7. The molecule has 0 N–H and O–H groups in total. The first-order valence-electron chi connectivity index (χ1n) is 7.33. The summed E-state index contributed by atoms with van der Waals surface area (Å²) in [7, 11) is 3.05. The van der Waals surface area contributed by atoms with Crippen molar-refractivity contribution >= 4 is 0 Å². The zero-order chi connectivity index (χ0) is 17.1. The molecular formula is C15H21FN4O3. The van der Waals surface area contributed by atoms with E-state index in [1.165, 1.54) is 13.1 Å². The molecule has 1 heterocycles. The van der Waals surface area contributed by atoms with Crippen molar-refractivity contribution in [2.75, 3.05) is 13.7 Å². The largest absolute Gasteiger partial charge is 0.489 e. The van der Waals surface area contributed by atoms with E-state index in [0.717, 1.165) is 9.36 Å². The van der Waals surface area contributed by atoms with Gasteiger partial charge in [-0.15, -0.1) is 0 Å². The fourth-order valence-electron chi connectivity index (χ4n) is 2.02. The Morgan fingerprint density at radius 1 is 1.26 bits per heavy atom. The molecule has 0 bridgehead atoms. The molecule has 2 aromatic rings. The number of tetrazole rings is 1. The molecule has 1 aromatic heterocycles. The molecule has 0 unspecified atom stereocenters. The van der Waals surface area contributed by atoms with Gasteiger partial charge >= 0.3 is 5.69 Å². The maximum Gasteiger partial charge on any atom is 0.368 e. The van der Waals surface area contributed by atoms with Crippen molar-refractivity contribution in [1.82, 2.24) is 19.8 Å². The first-order chi connectivity index (χ1) is 10.8. The number of nitrogens with zero attached hydrogens (tertiary/aromatic N) is 4. The van der Waals surface area contributed by atoms with Gasteiger partial charge in [0.25, 0.3) is 0 Å². The summed E-state index contributed by atoms with van der Waals surface area (Å²) in [5.74, 6) is -0.216. The lowest BCUT2D eigenvalue weighted by atomic mass is 10.0. The minimum Gasteiger partial charge on any atom is -0.489 e. The smallest absolute Gasteiger partial charge is 0.368 e. The molecule has 0 saturated heterocycles. The molecule has 0 fully saturated rings. The van der Waals surface area contributed by atoms with Gasteiger partial charge in [-0.2, -0.15) is 9.36 Å². The van der Waals surface area contributed by atoms with Crippen molar-refractivity contribution in [2.45, 2.75) is 32.8 Å². The number of ether oxygens (including phenoxy) is 2. The minimum atomic E-state index is -0.434. The number of hydrogen-bond acceptors (Lipinski definition) is 5. The summed E-state index contributed by atoms with van der Waals surface area (Å²) >= 11 is 0. The third-order valence-corrected chi connectivity index (χ3v) is 3.53. The Morgan fingerprint density at radius 3 is 2.48 bits per heavy atom. The van der Waals surface area contributed by atoms with Crippen LogP contribution in [0.2, 0.25) is 0 Å². The maximum absolute atomic E-state index is 14.3. The molecule has 0 amide bonds. The molecule has 0 aliphatic rings. The summed E-state index contributed by atoms with van der Waals surface area (Å²) in [6.07, 6.45) is -0.172. The molecular weight excluding hydrogens is 303 g/mol. The van der Waals surface area contributed by atoms with Gasteiger partial charge in [0.15, 0.2) is 0 Å². The number of methoxy groups -OCH3 is 1. The molecule has 0 saturated carbocycles. The molecule has 0 aliphatic carbocycles. The van der Waals surface area contributed by atoms with E-state index in [0.29, 0.717) is 11.3 Å². The highest BCUT2D eigenvalue weighted by molar-refractivity contribution is 5.49. The van der Waals surface area contributed by atoms with E-state index >= 15 is 0 Å². The van der Waals surface area contributed by atoms with Gasteiger partial charge < -0.3 is 9.47 Å². The molecule has 126 valence electrons. The summed E-state index contributed by atoms with van der Waals surface area (Å²) in [6, 6.07) is 2.84. The van der Waals surface area contributed by atoms with Gasteiger partial charge in [0.2, 0.25) is 0 Å². The lowest BCUT2D eigenvalue weighted by Gasteiger charge is -2.16. The van der Waals surface area contributed by atoms with Crippen molar-refractivity contribution in [2.24, 2.45) is 7.05 Å². The Labute approximate surface area is 133 Å². The van der Waals surface area contributed by atoms with Crippen LogP contribution in [0.25, 0.3) is 5.69 Å². The molecule has 1 atom stereocenters. The maximum atomic E-state index is 14.3. The predicted octanol–water partition coefficient (Wildman–Crippen LogP) is 1.64. The number of rotatable bonds is 6. The summed E-state index contributed by atoms with van der Waals surface area (Å²) in [5, 5.41) is 7.49. The average Bonchev–Trinajstić information content (AvgIpc) is 2.84. The highest BCUT2D eigenvalue weighted by atomic mass is 19.1. The Balaban J connectivity index is 2.53. The van der Waals surface area contributed by atoms with E-state index in [9.17, 15) is 9.18 Å². The van der Waals surface area contributed by atoms with Crippen LogP contribution in [-0.4, -0.2) is 39.6 Å². The third-order valence-electron chi connectivity index (χ3n) is 3.53. The highest BCUT2D eigenvalue weighted by Crippen LogP contribution is 2.29. The van der Waals surface area contributed by atoms with Gasteiger partial charge in [-0.05, 0) is 34.9 Å². The molecule has 0 aliphatic heterocycles. The van der Waals surface area contributed by atoms with Crippen LogP contribution in [0.4, 0.5) is 4.39 Å². The third kappa shape index (κ3) is 3.58. The van der Waals surface area contributed by atoms with Gasteiger partial charge in [-0.3, -0.25) is 0 Å². The van der Waals surface area contributed by atoms with Crippen LogP contribution < -0.4 is 10.4 Å². The molecule has 7 nitrogen and oxygen atoms in total.